The minimum Gasteiger partial charge on any atom is -0.507 e. The van der Waals surface area contributed by atoms with Crippen molar-refractivity contribution in [2.24, 2.45) is 0 Å². The highest BCUT2D eigenvalue weighted by atomic mass is 16.5. The SMILES string of the molecule is C=C(N[C@@H](CNC(=O)C1=CC=CC1)C(=O)O)c1c(O)cc2c(c1O)CCN(C(=O)c1ccc3c(c1)OCC3)C2. The van der Waals surface area contributed by atoms with Crippen molar-refractivity contribution in [1.82, 2.24) is 15.5 Å². The number of allylic oxidation sites excluding steroid dienone is 3. The highest BCUT2D eigenvalue weighted by Crippen LogP contribution is 2.40. The summed E-state index contributed by atoms with van der Waals surface area (Å²) in [7, 11) is 0. The van der Waals surface area contributed by atoms with E-state index in [1.165, 1.54) is 6.07 Å². The Morgan fingerprint density at radius 3 is 2.69 bits per heavy atom. The lowest BCUT2D eigenvalue weighted by Gasteiger charge is -2.31. The number of nitrogens with zero attached hydrogens (tertiary/aromatic N) is 1. The number of amides is 2. The summed E-state index contributed by atoms with van der Waals surface area (Å²) in [5.74, 6) is -1.60. The normalized spacial score (nSPS) is 16.0. The van der Waals surface area contributed by atoms with E-state index in [-0.39, 0.29) is 47.7 Å². The molecule has 0 saturated carbocycles. The number of carboxylic acid groups (broad SMARTS) is 1. The third-order valence-corrected chi connectivity index (χ3v) is 7.18. The standard InChI is InChI=1S/C29H29N3O7/c1-16(31-22(29(37)38)14-30-27(35)18-4-2-3-5-18)25-23(33)12-20-15-32(10-8-21(20)26(25)34)28(36)19-7-6-17-9-11-39-24(17)13-19/h2-4,6-7,12-13,22,31,33-34H,1,5,8-11,14-15H2,(H,30,35)(H,37,38)/t22-/m0/s1. The lowest BCUT2D eigenvalue weighted by Crippen LogP contribution is -2.45. The number of hydrogen-bond acceptors (Lipinski definition) is 7. The number of rotatable bonds is 8. The van der Waals surface area contributed by atoms with E-state index in [2.05, 4.69) is 17.2 Å². The van der Waals surface area contributed by atoms with E-state index in [4.69, 9.17) is 4.74 Å². The predicted octanol–water partition coefficient (Wildman–Crippen LogP) is 2.25. The van der Waals surface area contributed by atoms with Crippen molar-refractivity contribution in [3.05, 3.63) is 82.5 Å². The fourth-order valence-electron chi connectivity index (χ4n) is 5.06. The van der Waals surface area contributed by atoms with Gasteiger partial charge in [-0.1, -0.05) is 30.9 Å². The van der Waals surface area contributed by atoms with E-state index in [1.807, 2.05) is 12.1 Å². The molecule has 0 radical (unpaired) electrons. The first-order valence-electron chi connectivity index (χ1n) is 12.7. The molecule has 2 aromatic rings. The maximum Gasteiger partial charge on any atom is 0.327 e. The number of carbonyl (C=O) groups is 3. The van der Waals surface area contributed by atoms with Crippen LogP contribution in [0.4, 0.5) is 0 Å². The zero-order valence-corrected chi connectivity index (χ0v) is 21.2. The molecule has 1 aliphatic carbocycles. The molecule has 0 bridgehead atoms. The summed E-state index contributed by atoms with van der Waals surface area (Å²) in [5.41, 5.74) is 3.21. The molecule has 3 aliphatic rings. The van der Waals surface area contributed by atoms with Crippen LogP contribution in [0.1, 0.15) is 39.0 Å². The molecule has 2 amide bonds. The number of fused-ring (bicyclic) bond motifs is 2. The molecule has 0 spiro atoms. The molecule has 1 atom stereocenters. The molecule has 39 heavy (non-hydrogen) atoms. The van der Waals surface area contributed by atoms with Crippen LogP contribution >= 0.6 is 0 Å². The molecular weight excluding hydrogens is 502 g/mol. The smallest absolute Gasteiger partial charge is 0.327 e. The average molecular weight is 532 g/mol. The molecule has 0 saturated heterocycles. The quantitative estimate of drug-likeness (QED) is 0.348. The minimum absolute atomic E-state index is 0.00663. The molecule has 2 aromatic carbocycles. The average Bonchev–Trinajstić information content (AvgIpc) is 3.62. The number of carbonyl (C=O) groups excluding carboxylic acids is 2. The summed E-state index contributed by atoms with van der Waals surface area (Å²) in [5, 5.41) is 36.7. The van der Waals surface area contributed by atoms with Gasteiger partial charge in [0.2, 0.25) is 5.91 Å². The van der Waals surface area contributed by atoms with Crippen molar-refractivity contribution < 1.29 is 34.4 Å². The maximum absolute atomic E-state index is 13.2. The van der Waals surface area contributed by atoms with Gasteiger partial charge in [0.1, 0.15) is 23.3 Å². The van der Waals surface area contributed by atoms with Gasteiger partial charge >= 0.3 is 5.97 Å². The fourth-order valence-corrected chi connectivity index (χ4v) is 5.06. The van der Waals surface area contributed by atoms with E-state index in [1.54, 1.807) is 29.2 Å². The largest absolute Gasteiger partial charge is 0.507 e. The lowest BCUT2D eigenvalue weighted by molar-refractivity contribution is -0.139. The molecule has 2 heterocycles. The van der Waals surface area contributed by atoms with Crippen LogP contribution in [0.25, 0.3) is 5.70 Å². The van der Waals surface area contributed by atoms with Gasteiger partial charge in [-0.05, 0) is 42.2 Å². The first-order chi connectivity index (χ1) is 18.7. The summed E-state index contributed by atoms with van der Waals surface area (Å²) >= 11 is 0. The van der Waals surface area contributed by atoms with E-state index in [0.717, 1.165) is 17.7 Å². The van der Waals surface area contributed by atoms with Gasteiger partial charge in [-0.25, -0.2) is 4.79 Å². The zero-order chi connectivity index (χ0) is 27.7. The van der Waals surface area contributed by atoms with Crippen LogP contribution in [0.5, 0.6) is 17.2 Å². The second-order valence-electron chi connectivity index (χ2n) is 9.70. The van der Waals surface area contributed by atoms with Crippen molar-refractivity contribution in [2.45, 2.75) is 31.8 Å². The molecule has 2 aliphatic heterocycles. The second kappa shape index (κ2) is 10.6. The second-order valence-corrected chi connectivity index (χ2v) is 9.70. The highest BCUT2D eigenvalue weighted by molar-refractivity contribution is 5.95. The van der Waals surface area contributed by atoms with Gasteiger partial charge in [0.15, 0.2) is 0 Å². The van der Waals surface area contributed by atoms with Crippen molar-refractivity contribution in [3.8, 4) is 17.2 Å². The summed E-state index contributed by atoms with van der Waals surface area (Å²) in [4.78, 5) is 38.9. The van der Waals surface area contributed by atoms with E-state index >= 15 is 0 Å². The zero-order valence-electron chi connectivity index (χ0n) is 21.2. The van der Waals surface area contributed by atoms with E-state index < -0.39 is 12.0 Å². The fraction of sp³-hybridized carbons (Fsp3) is 0.276. The van der Waals surface area contributed by atoms with Gasteiger partial charge in [-0.2, -0.15) is 0 Å². The van der Waals surface area contributed by atoms with Gasteiger partial charge in [0, 0.05) is 48.5 Å². The summed E-state index contributed by atoms with van der Waals surface area (Å²) in [6.07, 6.45) is 6.86. The number of ether oxygens (including phenoxy) is 1. The van der Waals surface area contributed by atoms with Crippen molar-refractivity contribution in [2.75, 3.05) is 19.7 Å². The Labute approximate surface area is 224 Å². The third kappa shape index (κ3) is 5.18. The van der Waals surface area contributed by atoms with Crippen LogP contribution in [0.3, 0.4) is 0 Å². The van der Waals surface area contributed by atoms with Crippen LogP contribution in [-0.4, -0.2) is 63.7 Å². The van der Waals surface area contributed by atoms with E-state index in [9.17, 15) is 29.7 Å². The number of phenols is 2. The van der Waals surface area contributed by atoms with Gasteiger partial charge in [0.25, 0.3) is 5.91 Å². The molecule has 0 fully saturated rings. The van der Waals surface area contributed by atoms with Crippen LogP contribution in [0, 0.1) is 0 Å². The topological polar surface area (TPSA) is 148 Å². The molecule has 10 heteroatoms. The highest BCUT2D eigenvalue weighted by Gasteiger charge is 2.29. The van der Waals surface area contributed by atoms with Crippen molar-refractivity contribution in [3.63, 3.8) is 0 Å². The monoisotopic (exact) mass is 531 g/mol. The number of aliphatic carboxylic acids is 1. The van der Waals surface area contributed by atoms with Crippen LogP contribution < -0.4 is 15.4 Å². The summed E-state index contributed by atoms with van der Waals surface area (Å²) in [6.45, 7) is 4.72. The Morgan fingerprint density at radius 2 is 1.95 bits per heavy atom. The molecule has 0 aromatic heterocycles. The Balaban J connectivity index is 1.28. The number of hydrogen-bond donors (Lipinski definition) is 5. The van der Waals surface area contributed by atoms with Crippen LogP contribution in [-0.2, 0) is 29.0 Å². The van der Waals surface area contributed by atoms with Crippen LogP contribution in [0.2, 0.25) is 0 Å². The number of nitrogens with one attached hydrogen (secondary N) is 2. The first-order valence-corrected chi connectivity index (χ1v) is 12.7. The first kappa shape index (κ1) is 25.9. The number of benzene rings is 2. The van der Waals surface area contributed by atoms with Crippen molar-refractivity contribution in [1.29, 1.82) is 0 Å². The Kier molecular flexibility index (Phi) is 7.02. The van der Waals surface area contributed by atoms with E-state index in [0.29, 0.717) is 48.3 Å². The Morgan fingerprint density at radius 1 is 1.13 bits per heavy atom. The van der Waals surface area contributed by atoms with Gasteiger partial charge in [0.05, 0.1) is 12.2 Å². The number of aromatic hydroxyl groups is 2. The predicted molar refractivity (Wildman–Crippen MR) is 142 cm³/mol. The maximum atomic E-state index is 13.2. The molecule has 0 unspecified atom stereocenters. The summed E-state index contributed by atoms with van der Waals surface area (Å²) in [6, 6.07) is 5.63. The number of carboxylic acids is 1. The molecule has 10 nitrogen and oxygen atoms in total. The van der Waals surface area contributed by atoms with Gasteiger partial charge in [-0.15, -0.1) is 0 Å². The van der Waals surface area contributed by atoms with Crippen molar-refractivity contribution >= 4 is 23.5 Å². The molecule has 5 rings (SSSR count). The lowest BCUT2D eigenvalue weighted by atomic mass is 9.93. The number of phenolic OH excluding ortho intramolecular Hbond substituents is 2. The molecule has 5 N–H and O–H groups in total. The van der Waals surface area contributed by atoms with Gasteiger partial charge < -0.3 is 35.6 Å². The third-order valence-electron chi connectivity index (χ3n) is 7.18. The Bertz CT molecular complexity index is 1440. The Hall–Kier alpha value is -4.73. The summed E-state index contributed by atoms with van der Waals surface area (Å²) < 4.78 is 5.58. The van der Waals surface area contributed by atoms with Gasteiger partial charge in [-0.3, -0.25) is 9.59 Å². The minimum atomic E-state index is -1.25. The molecule has 202 valence electrons. The molecular formula is C29H29N3O7. The van der Waals surface area contributed by atoms with Crippen LogP contribution in [0.15, 0.2) is 54.6 Å².